The largest absolute Gasteiger partial charge is 0.478 e. The fourth-order valence-corrected chi connectivity index (χ4v) is 2.47. The molecule has 0 aliphatic rings. The lowest BCUT2D eigenvalue weighted by Gasteiger charge is -2.27. The summed E-state index contributed by atoms with van der Waals surface area (Å²) in [6.45, 7) is 10.7. The fourth-order valence-electron chi connectivity index (χ4n) is 2.47. The van der Waals surface area contributed by atoms with Crippen LogP contribution in [0.15, 0.2) is 18.2 Å². The predicted octanol–water partition coefficient (Wildman–Crippen LogP) is 4.12. The molecule has 0 aliphatic heterocycles. The van der Waals surface area contributed by atoms with Crippen molar-refractivity contribution in [3.63, 3.8) is 0 Å². The second-order valence-electron chi connectivity index (χ2n) is 8.92. The SMILES string of the molecule is CN(Cc1cccc(C(=O)O)c1CN(C)C(=O)OC(C)(C)C)C(=O)OC(C)(C)C. The van der Waals surface area contributed by atoms with Crippen LogP contribution in [0, 0.1) is 0 Å². The van der Waals surface area contributed by atoms with Gasteiger partial charge in [-0.2, -0.15) is 0 Å². The third-order valence-electron chi connectivity index (χ3n) is 3.72. The molecule has 0 saturated carbocycles. The van der Waals surface area contributed by atoms with Crippen molar-refractivity contribution in [1.82, 2.24) is 9.80 Å². The highest BCUT2D eigenvalue weighted by molar-refractivity contribution is 5.90. The van der Waals surface area contributed by atoms with Gasteiger partial charge < -0.3 is 24.4 Å². The van der Waals surface area contributed by atoms with Crippen molar-refractivity contribution < 1.29 is 29.0 Å². The maximum absolute atomic E-state index is 12.3. The average Bonchev–Trinajstić information content (AvgIpc) is 2.52. The van der Waals surface area contributed by atoms with Gasteiger partial charge in [0.25, 0.3) is 0 Å². The topological polar surface area (TPSA) is 96.4 Å². The van der Waals surface area contributed by atoms with E-state index in [0.717, 1.165) is 0 Å². The first kappa shape index (κ1) is 24.3. The highest BCUT2D eigenvalue weighted by Gasteiger charge is 2.25. The van der Waals surface area contributed by atoms with Gasteiger partial charge in [-0.25, -0.2) is 14.4 Å². The molecule has 0 aromatic heterocycles. The summed E-state index contributed by atoms with van der Waals surface area (Å²) in [4.78, 5) is 39.0. The van der Waals surface area contributed by atoms with Crippen LogP contribution in [0.4, 0.5) is 9.59 Å². The third kappa shape index (κ3) is 8.01. The molecule has 29 heavy (non-hydrogen) atoms. The van der Waals surface area contributed by atoms with E-state index in [9.17, 15) is 19.5 Å². The minimum atomic E-state index is -1.11. The van der Waals surface area contributed by atoms with Crippen molar-refractivity contribution in [3.05, 3.63) is 34.9 Å². The Morgan fingerprint density at radius 2 is 1.31 bits per heavy atom. The number of ether oxygens (including phenoxy) is 2. The molecule has 0 fully saturated rings. The number of aromatic carboxylic acids is 1. The number of carbonyl (C=O) groups excluding carboxylic acids is 2. The molecular formula is C21H32N2O6. The maximum atomic E-state index is 12.3. The van der Waals surface area contributed by atoms with E-state index in [4.69, 9.17) is 9.47 Å². The molecule has 8 heteroatoms. The Hall–Kier alpha value is -2.77. The van der Waals surface area contributed by atoms with Gasteiger partial charge in [-0.3, -0.25) is 0 Å². The van der Waals surface area contributed by atoms with E-state index in [2.05, 4.69) is 0 Å². The van der Waals surface area contributed by atoms with E-state index in [1.54, 1.807) is 60.7 Å². The number of benzene rings is 1. The zero-order valence-electron chi connectivity index (χ0n) is 18.5. The summed E-state index contributed by atoms with van der Waals surface area (Å²) in [5.74, 6) is -1.11. The molecule has 2 amide bonds. The number of nitrogens with zero attached hydrogens (tertiary/aromatic N) is 2. The van der Waals surface area contributed by atoms with E-state index >= 15 is 0 Å². The van der Waals surface area contributed by atoms with Crippen LogP contribution >= 0.6 is 0 Å². The maximum Gasteiger partial charge on any atom is 0.410 e. The number of carbonyl (C=O) groups is 3. The molecule has 162 valence electrons. The quantitative estimate of drug-likeness (QED) is 0.787. The summed E-state index contributed by atoms with van der Waals surface area (Å²) in [6, 6.07) is 4.81. The first-order valence-corrected chi connectivity index (χ1v) is 9.33. The van der Waals surface area contributed by atoms with E-state index < -0.39 is 29.4 Å². The first-order valence-electron chi connectivity index (χ1n) is 9.33. The highest BCUT2D eigenvalue weighted by Crippen LogP contribution is 2.21. The van der Waals surface area contributed by atoms with Crippen molar-refractivity contribution in [1.29, 1.82) is 0 Å². The van der Waals surface area contributed by atoms with Crippen LogP contribution in [0.5, 0.6) is 0 Å². The van der Waals surface area contributed by atoms with Crippen LogP contribution in [0.3, 0.4) is 0 Å². The fraction of sp³-hybridized carbons (Fsp3) is 0.571. The number of amides is 2. The van der Waals surface area contributed by atoms with Gasteiger partial charge in [0, 0.05) is 27.2 Å². The smallest absolute Gasteiger partial charge is 0.410 e. The molecule has 0 atom stereocenters. The van der Waals surface area contributed by atoms with Crippen molar-refractivity contribution in [3.8, 4) is 0 Å². The summed E-state index contributed by atoms with van der Waals surface area (Å²) in [7, 11) is 3.11. The third-order valence-corrected chi connectivity index (χ3v) is 3.72. The van der Waals surface area contributed by atoms with Gasteiger partial charge in [0.1, 0.15) is 11.2 Å². The second kappa shape index (κ2) is 9.15. The van der Waals surface area contributed by atoms with Crippen LogP contribution in [-0.2, 0) is 22.6 Å². The number of hydrogen-bond donors (Lipinski definition) is 1. The normalized spacial score (nSPS) is 11.6. The van der Waals surface area contributed by atoms with Crippen LogP contribution in [0.2, 0.25) is 0 Å². The molecule has 0 spiro atoms. The first-order chi connectivity index (χ1) is 13.1. The molecule has 1 aromatic carbocycles. The van der Waals surface area contributed by atoms with E-state index in [-0.39, 0.29) is 18.7 Å². The molecule has 0 heterocycles. The summed E-state index contributed by atoms with van der Waals surface area (Å²) >= 11 is 0. The molecule has 1 aromatic rings. The molecular weight excluding hydrogens is 376 g/mol. The van der Waals surface area contributed by atoms with Crippen LogP contribution in [-0.4, -0.2) is 58.4 Å². The second-order valence-corrected chi connectivity index (χ2v) is 8.92. The standard InChI is InChI=1S/C21H32N2O6/c1-20(2,3)28-18(26)22(7)12-14-10-9-11-15(17(24)25)16(14)13-23(8)19(27)29-21(4,5)6/h9-11H,12-13H2,1-8H3,(H,24,25). The highest BCUT2D eigenvalue weighted by atomic mass is 16.6. The number of rotatable bonds is 5. The zero-order chi connectivity index (χ0) is 22.6. The summed E-state index contributed by atoms with van der Waals surface area (Å²) in [6.07, 6.45) is -1.09. The van der Waals surface area contributed by atoms with Gasteiger partial charge in [0.15, 0.2) is 0 Å². The van der Waals surface area contributed by atoms with Gasteiger partial charge in [0.05, 0.1) is 5.56 Å². The number of carboxylic acids is 1. The van der Waals surface area contributed by atoms with Gasteiger partial charge in [-0.15, -0.1) is 0 Å². The molecule has 1 rings (SSSR count). The molecule has 0 aliphatic carbocycles. The minimum absolute atomic E-state index is 0.0227. The molecule has 0 radical (unpaired) electrons. The van der Waals surface area contributed by atoms with Gasteiger partial charge in [-0.1, -0.05) is 12.1 Å². The Kier molecular flexibility index (Phi) is 7.66. The number of hydrogen-bond acceptors (Lipinski definition) is 5. The lowest BCUT2D eigenvalue weighted by atomic mass is 10.00. The summed E-state index contributed by atoms with van der Waals surface area (Å²) in [5, 5.41) is 9.58. The summed E-state index contributed by atoms with van der Waals surface area (Å²) < 4.78 is 10.7. The predicted molar refractivity (Wildman–Crippen MR) is 109 cm³/mol. The van der Waals surface area contributed by atoms with Crippen molar-refractivity contribution in [2.75, 3.05) is 14.1 Å². The van der Waals surface area contributed by atoms with Crippen LogP contribution in [0.1, 0.15) is 63.0 Å². The average molecular weight is 408 g/mol. The van der Waals surface area contributed by atoms with Gasteiger partial charge in [0.2, 0.25) is 0 Å². The van der Waals surface area contributed by atoms with Crippen LogP contribution in [0.25, 0.3) is 0 Å². The van der Waals surface area contributed by atoms with E-state index in [1.807, 2.05) is 0 Å². The Balaban J connectivity index is 3.14. The van der Waals surface area contributed by atoms with Crippen molar-refractivity contribution in [2.24, 2.45) is 0 Å². The van der Waals surface area contributed by atoms with Crippen LogP contribution < -0.4 is 0 Å². The molecule has 0 saturated heterocycles. The Morgan fingerprint density at radius 3 is 1.72 bits per heavy atom. The molecule has 0 bridgehead atoms. The van der Waals surface area contributed by atoms with E-state index in [0.29, 0.717) is 11.1 Å². The molecule has 1 N–H and O–H groups in total. The van der Waals surface area contributed by atoms with E-state index in [1.165, 1.54) is 22.9 Å². The van der Waals surface area contributed by atoms with Gasteiger partial charge >= 0.3 is 18.2 Å². The Labute approximate surface area is 172 Å². The summed E-state index contributed by atoms with van der Waals surface area (Å²) in [5.41, 5.74) is -0.209. The lowest BCUT2D eigenvalue weighted by Crippen LogP contribution is -2.35. The molecule has 0 unspecified atom stereocenters. The van der Waals surface area contributed by atoms with Gasteiger partial charge in [-0.05, 0) is 58.7 Å². The van der Waals surface area contributed by atoms with Crippen molar-refractivity contribution in [2.45, 2.75) is 65.8 Å². The number of carboxylic acid groups (broad SMARTS) is 1. The monoisotopic (exact) mass is 408 g/mol. The minimum Gasteiger partial charge on any atom is -0.478 e. The zero-order valence-corrected chi connectivity index (χ0v) is 18.5. The Morgan fingerprint density at radius 1 is 0.862 bits per heavy atom. The molecule has 8 nitrogen and oxygen atoms in total. The van der Waals surface area contributed by atoms with Crippen molar-refractivity contribution >= 4 is 18.2 Å². The lowest BCUT2D eigenvalue weighted by molar-refractivity contribution is 0.0263. The Bertz CT molecular complexity index is 761.